The highest BCUT2D eigenvalue weighted by molar-refractivity contribution is 9.10. The summed E-state index contributed by atoms with van der Waals surface area (Å²) in [4.78, 5) is 0. The van der Waals surface area contributed by atoms with Gasteiger partial charge in [0, 0.05) is 16.1 Å². The molecule has 0 aromatic heterocycles. The summed E-state index contributed by atoms with van der Waals surface area (Å²) in [5.74, 6) is 0.853. The lowest BCUT2D eigenvalue weighted by Crippen LogP contribution is -2.15. The third-order valence-corrected chi connectivity index (χ3v) is 4.30. The minimum Gasteiger partial charge on any atom is -0.496 e. The Labute approximate surface area is 129 Å². The molecule has 3 heteroatoms. The van der Waals surface area contributed by atoms with Gasteiger partial charge in [0.25, 0.3) is 0 Å². The van der Waals surface area contributed by atoms with E-state index in [0.29, 0.717) is 0 Å². The van der Waals surface area contributed by atoms with Crippen molar-refractivity contribution in [3.05, 3.63) is 63.1 Å². The van der Waals surface area contributed by atoms with Crippen LogP contribution in [0.15, 0.2) is 40.9 Å². The fourth-order valence-electron chi connectivity index (χ4n) is 2.34. The van der Waals surface area contributed by atoms with Crippen LogP contribution in [-0.2, 0) is 6.42 Å². The van der Waals surface area contributed by atoms with Gasteiger partial charge < -0.3 is 10.5 Å². The highest BCUT2D eigenvalue weighted by atomic mass is 79.9. The van der Waals surface area contributed by atoms with Crippen molar-refractivity contribution in [2.45, 2.75) is 26.3 Å². The lowest BCUT2D eigenvalue weighted by atomic mass is 9.97. The first kappa shape index (κ1) is 15.1. The fourth-order valence-corrected chi connectivity index (χ4v) is 2.70. The Balaban J connectivity index is 2.29. The maximum atomic E-state index is 6.37. The Hall–Kier alpha value is -1.32. The summed E-state index contributed by atoms with van der Waals surface area (Å²) in [5, 5.41) is 0. The summed E-state index contributed by atoms with van der Waals surface area (Å²) < 4.78 is 6.53. The van der Waals surface area contributed by atoms with E-state index in [4.69, 9.17) is 10.5 Å². The van der Waals surface area contributed by atoms with Crippen molar-refractivity contribution in [1.82, 2.24) is 0 Å². The number of hydrogen-bond donors (Lipinski definition) is 1. The summed E-state index contributed by atoms with van der Waals surface area (Å²) in [6, 6.07) is 12.5. The summed E-state index contributed by atoms with van der Waals surface area (Å²) in [6.07, 6.45) is 0.799. The first-order valence-corrected chi connectivity index (χ1v) is 7.45. The van der Waals surface area contributed by atoms with E-state index >= 15 is 0 Å². The quantitative estimate of drug-likeness (QED) is 0.904. The SMILES string of the molecule is COc1cc(C)c(Br)cc1C(N)Cc1cccc(C)c1. The molecule has 2 N–H and O–H groups in total. The Kier molecular flexibility index (Phi) is 4.84. The van der Waals surface area contributed by atoms with Gasteiger partial charge in [0.05, 0.1) is 7.11 Å². The summed E-state index contributed by atoms with van der Waals surface area (Å²) in [7, 11) is 1.69. The van der Waals surface area contributed by atoms with Gasteiger partial charge in [0.1, 0.15) is 5.75 Å². The monoisotopic (exact) mass is 333 g/mol. The molecule has 2 aromatic rings. The van der Waals surface area contributed by atoms with Gasteiger partial charge in [-0.05, 0) is 43.5 Å². The molecule has 0 amide bonds. The van der Waals surface area contributed by atoms with Gasteiger partial charge in [-0.2, -0.15) is 0 Å². The Morgan fingerprint density at radius 1 is 1.20 bits per heavy atom. The predicted molar refractivity (Wildman–Crippen MR) is 87.2 cm³/mol. The minimum absolute atomic E-state index is 0.0800. The molecule has 0 aliphatic heterocycles. The number of methoxy groups -OCH3 is 1. The molecule has 106 valence electrons. The number of benzene rings is 2. The molecule has 0 fully saturated rings. The summed E-state index contributed by atoms with van der Waals surface area (Å²) >= 11 is 3.56. The molecule has 2 nitrogen and oxygen atoms in total. The lowest BCUT2D eigenvalue weighted by molar-refractivity contribution is 0.405. The van der Waals surface area contributed by atoms with Gasteiger partial charge in [-0.25, -0.2) is 0 Å². The second kappa shape index (κ2) is 6.42. The van der Waals surface area contributed by atoms with Crippen LogP contribution in [0, 0.1) is 13.8 Å². The molecule has 2 aromatic carbocycles. The minimum atomic E-state index is -0.0800. The van der Waals surface area contributed by atoms with E-state index in [0.717, 1.165) is 27.8 Å². The Morgan fingerprint density at radius 3 is 2.60 bits per heavy atom. The number of rotatable bonds is 4. The number of halogens is 1. The molecule has 0 aliphatic carbocycles. The smallest absolute Gasteiger partial charge is 0.123 e. The van der Waals surface area contributed by atoms with Crippen LogP contribution in [-0.4, -0.2) is 7.11 Å². The molecule has 0 spiro atoms. The zero-order valence-corrected chi connectivity index (χ0v) is 13.7. The molecule has 20 heavy (non-hydrogen) atoms. The zero-order valence-electron chi connectivity index (χ0n) is 12.1. The average Bonchev–Trinajstić information content (AvgIpc) is 2.41. The number of ether oxygens (including phenoxy) is 1. The van der Waals surface area contributed by atoms with Crippen LogP contribution in [0.3, 0.4) is 0 Å². The predicted octanol–water partition coefficient (Wildman–Crippen LogP) is 4.32. The molecule has 0 heterocycles. The van der Waals surface area contributed by atoms with E-state index in [-0.39, 0.29) is 6.04 Å². The Morgan fingerprint density at radius 2 is 1.95 bits per heavy atom. The maximum absolute atomic E-state index is 6.37. The van der Waals surface area contributed by atoms with Gasteiger partial charge in [0.2, 0.25) is 0 Å². The fraction of sp³-hybridized carbons (Fsp3) is 0.294. The van der Waals surface area contributed by atoms with E-state index in [1.807, 2.05) is 13.0 Å². The molecular weight excluding hydrogens is 314 g/mol. The van der Waals surface area contributed by atoms with E-state index in [1.165, 1.54) is 11.1 Å². The zero-order chi connectivity index (χ0) is 14.7. The van der Waals surface area contributed by atoms with Gasteiger partial charge >= 0.3 is 0 Å². The van der Waals surface area contributed by atoms with E-state index in [1.54, 1.807) is 7.11 Å². The van der Waals surface area contributed by atoms with Crippen molar-refractivity contribution in [2.75, 3.05) is 7.11 Å². The average molecular weight is 334 g/mol. The lowest BCUT2D eigenvalue weighted by Gasteiger charge is -2.17. The topological polar surface area (TPSA) is 35.2 Å². The van der Waals surface area contributed by atoms with Crippen LogP contribution in [0.1, 0.15) is 28.3 Å². The molecule has 0 aliphatic rings. The molecule has 0 saturated heterocycles. The van der Waals surface area contributed by atoms with Crippen molar-refractivity contribution in [2.24, 2.45) is 5.73 Å². The maximum Gasteiger partial charge on any atom is 0.123 e. The van der Waals surface area contributed by atoms with Gasteiger partial charge in [0.15, 0.2) is 0 Å². The third kappa shape index (κ3) is 3.41. The van der Waals surface area contributed by atoms with Crippen molar-refractivity contribution in [1.29, 1.82) is 0 Å². The van der Waals surface area contributed by atoms with Gasteiger partial charge in [-0.15, -0.1) is 0 Å². The summed E-state index contributed by atoms with van der Waals surface area (Å²) in [6.45, 7) is 4.14. The molecular formula is C17H20BrNO. The molecule has 1 unspecified atom stereocenters. The second-order valence-corrected chi connectivity index (χ2v) is 6.00. The van der Waals surface area contributed by atoms with Crippen LogP contribution >= 0.6 is 15.9 Å². The van der Waals surface area contributed by atoms with E-state index < -0.39 is 0 Å². The van der Waals surface area contributed by atoms with Gasteiger partial charge in [-0.1, -0.05) is 45.8 Å². The second-order valence-electron chi connectivity index (χ2n) is 5.14. The van der Waals surface area contributed by atoms with Gasteiger partial charge in [-0.3, -0.25) is 0 Å². The van der Waals surface area contributed by atoms with Crippen LogP contribution in [0.2, 0.25) is 0 Å². The first-order chi connectivity index (χ1) is 9.51. The molecule has 1 atom stereocenters. The van der Waals surface area contributed by atoms with Crippen LogP contribution < -0.4 is 10.5 Å². The third-order valence-electron chi connectivity index (χ3n) is 3.45. The van der Waals surface area contributed by atoms with Crippen LogP contribution in [0.25, 0.3) is 0 Å². The van der Waals surface area contributed by atoms with Crippen LogP contribution in [0.4, 0.5) is 0 Å². The number of aryl methyl sites for hydroxylation is 2. The normalized spacial score (nSPS) is 12.2. The Bertz CT molecular complexity index is 610. The number of hydrogen-bond acceptors (Lipinski definition) is 2. The molecule has 2 rings (SSSR count). The first-order valence-electron chi connectivity index (χ1n) is 6.66. The van der Waals surface area contributed by atoms with Crippen molar-refractivity contribution in [3.8, 4) is 5.75 Å². The largest absolute Gasteiger partial charge is 0.496 e. The number of nitrogens with two attached hydrogens (primary N) is 1. The van der Waals surface area contributed by atoms with E-state index in [2.05, 4.69) is 53.2 Å². The molecule has 0 saturated carbocycles. The molecule has 0 bridgehead atoms. The van der Waals surface area contributed by atoms with Crippen molar-refractivity contribution < 1.29 is 4.74 Å². The van der Waals surface area contributed by atoms with Crippen molar-refractivity contribution in [3.63, 3.8) is 0 Å². The van der Waals surface area contributed by atoms with Crippen LogP contribution in [0.5, 0.6) is 5.75 Å². The highest BCUT2D eigenvalue weighted by Gasteiger charge is 2.14. The standard InChI is InChI=1S/C17H20BrNO/c1-11-5-4-6-13(7-11)9-16(19)14-10-15(18)12(2)8-17(14)20-3/h4-8,10,16H,9,19H2,1-3H3. The molecule has 0 radical (unpaired) electrons. The summed E-state index contributed by atoms with van der Waals surface area (Å²) in [5.41, 5.74) is 11.1. The highest BCUT2D eigenvalue weighted by Crippen LogP contribution is 2.31. The van der Waals surface area contributed by atoms with Crippen molar-refractivity contribution >= 4 is 15.9 Å². The van der Waals surface area contributed by atoms with E-state index in [9.17, 15) is 0 Å².